The summed E-state index contributed by atoms with van der Waals surface area (Å²) in [5.74, 6) is 0.671. The molecule has 1 N–H and O–H groups in total. The summed E-state index contributed by atoms with van der Waals surface area (Å²) < 4.78 is 23.8. The van der Waals surface area contributed by atoms with Crippen molar-refractivity contribution in [1.82, 2.24) is 0 Å². The van der Waals surface area contributed by atoms with E-state index in [0.717, 1.165) is 25.9 Å². The van der Waals surface area contributed by atoms with Gasteiger partial charge in [0.1, 0.15) is 0 Å². The molecule has 1 amide bonds. The number of piperidine rings is 1. The van der Waals surface area contributed by atoms with E-state index >= 15 is 0 Å². The van der Waals surface area contributed by atoms with Gasteiger partial charge in [-0.05, 0) is 37.0 Å². The van der Waals surface area contributed by atoms with Crippen molar-refractivity contribution in [1.29, 1.82) is 0 Å². The molecule has 0 spiro atoms. The standard InChI is InChI=1S/C14H20N2O3S/c1-11-5-7-16(8-6-11)13-9-12(15-10-17)3-4-14(13)20(2,18)19/h3-4,9-11H,5-8H2,1-2H3,(H,15,17). The molecule has 1 fully saturated rings. The molecule has 0 atom stereocenters. The molecule has 1 aromatic carbocycles. The molecule has 1 aromatic rings. The quantitative estimate of drug-likeness (QED) is 0.862. The van der Waals surface area contributed by atoms with Gasteiger partial charge in [-0.1, -0.05) is 6.92 Å². The topological polar surface area (TPSA) is 66.5 Å². The number of carbonyl (C=O) groups is 1. The fourth-order valence-electron chi connectivity index (χ4n) is 2.49. The zero-order chi connectivity index (χ0) is 14.8. The van der Waals surface area contributed by atoms with Gasteiger partial charge in [0, 0.05) is 25.0 Å². The number of nitrogens with one attached hydrogen (secondary N) is 1. The average Bonchev–Trinajstić information content (AvgIpc) is 2.38. The molecular weight excluding hydrogens is 276 g/mol. The third-order valence-corrected chi connectivity index (χ3v) is 4.85. The van der Waals surface area contributed by atoms with Crippen LogP contribution in [0, 0.1) is 5.92 Å². The smallest absolute Gasteiger partial charge is 0.211 e. The van der Waals surface area contributed by atoms with Gasteiger partial charge in [-0.2, -0.15) is 0 Å². The van der Waals surface area contributed by atoms with Crippen LogP contribution < -0.4 is 10.2 Å². The third-order valence-electron chi connectivity index (χ3n) is 3.71. The van der Waals surface area contributed by atoms with Gasteiger partial charge in [0.2, 0.25) is 6.41 Å². The lowest BCUT2D eigenvalue weighted by Crippen LogP contribution is -2.33. The maximum Gasteiger partial charge on any atom is 0.211 e. The maximum atomic E-state index is 11.9. The minimum Gasteiger partial charge on any atom is -0.370 e. The van der Waals surface area contributed by atoms with Gasteiger partial charge < -0.3 is 10.2 Å². The molecule has 6 heteroatoms. The Morgan fingerprint density at radius 3 is 2.50 bits per heavy atom. The highest BCUT2D eigenvalue weighted by molar-refractivity contribution is 7.90. The van der Waals surface area contributed by atoms with Crippen molar-refractivity contribution in [2.24, 2.45) is 5.92 Å². The number of benzene rings is 1. The molecular formula is C14H20N2O3S. The SMILES string of the molecule is CC1CCN(c2cc(NC=O)ccc2S(C)(=O)=O)CC1. The molecule has 1 heterocycles. The second-order valence-electron chi connectivity index (χ2n) is 5.39. The molecule has 2 rings (SSSR count). The number of carbonyl (C=O) groups excluding carboxylic acids is 1. The van der Waals surface area contributed by atoms with E-state index in [1.165, 1.54) is 6.26 Å². The lowest BCUT2D eigenvalue weighted by molar-refractivity contribution is -0.105. The number of amides is 1. The third kappa shape index (κ3) is 3.30. The predicted octanol–water partition coefficient (Wildman–Crippen LogP) is 1.89. The van der Waals surface area contributed by atoms with E-state index in [1.54, 1.807) is 18.2 Å². The highest BCUT2D eigenvalue weighted by atomic mass is 32.2. The molecule has 20 heavy (non-hydrogen) atoms. The van der Waals surface area contributed by atoms with Crippen molar-refractivity contribution in [2.45, 2.75) is 24.7 Å². The Labute approximate surface area is 119 Å². The summed E-state index contributed by atoms with van der Waals surface area (Å²) in [5.41, 5.74) is 1.30. The van der Waals surface area contributed by atoms with E-state index in [4.69, 9.17) is 0 Å². The van der Waals surface area contributed by atoms with E-state index in [2.05, 4.69) is 17.1 Å². The van der Waals surface area contributed by atoms with Gasteiger partial charge >= 0.3 is 0 Å². The summed E-state index contributed by atoms with van der Waals surface area (Å²) in [6, 6.07) is 4.91. The first-order valence-corrected chi connectivity index (χ1v) is 8.60. The normalized spacial score (nSPS) is 17.0. The molecule has 0 aliphatic carbocycles. The van der Waals surface area contributed by atoms with E-state index in [1.807, 2.05) is 0 Å². The van der Waals surface area contributed by atoms with E-state index < -0.39 is 9.84 Å². The van der Waals surface area contributed by atoms with Gasteiger partial charge in [0.25, 0.3) is 0 Å². The Kier molecular flexibility index (Phi) is 4.32. The summed E-state index contributed by atoms with van der Waals surface area (Å²) in [4.78, 5) is 13.0. The predicted molar refractivity (Wildman–Crippen MR) is 79.8 cm³/mol. The second kappa shape index (κ2) is 5.83. The van der Waals surface area contributed by atoms with Crippen LogP contribution in [0.3, 0.4) is 0 Å². The Bertz CT molecular complexity index is 590. The number of rotatable bonds is 4. The first-order valence-electron chi connectivity index (χ1n) is 6.71. The molecule has 1 aliphatic heterocycles. The number of nitrogens with zero attached hydrogens (tertiary/aromatic N) is 1. The van der Waals surface area contributed by atoms with Crippen molar-refractivity contribution in [3.63, 3.8) is 0 Å². The second-order valence-corrected chi connectivity index (χ2v) is 7.37. The molecule has 0 aromatic heterocycles. The van der Waals surface area contributed by atoms with Crippen molar-refractivity contribution in [3.05, 3.63) is 18.2 Å². The average molecular weight is 296 g/mol. The zero-order valence-electron chi connectivity index (χ0n) is 11.8. The van der Waals surface area contributed by atoms with Gasteiger partial charge in [-0.15, -0.1) is 0 Å². The van der Waals surface area contributed by atoms with Crippen molar-refractivity contribution in [2.75, 3.05) is 29.6 Å². The maximum absolute atomic E-state index is 11.9. The van der Waals surface area contributed by atoms with Gasteiger partial charge in [0.05, 0.1) is 10.6 Å². The van der Waals surface area contributed by atoms with Crippen LogP contribution in [0.25, 0.3) is 0 Å². The lowest BCUT2D eigenvalue weighted by Gasteiger charge is -2.33. The fraction of sp³-hybridized carbons (Fsp3) is 0.500. The first-order chi connectivity index (χ1) is 9.41. The molecule has 1 aliphatic rings. The van der Waals surface area contributed by atoms with Gasteiger partial charge in [0.15, 0.2) is 9.84 Å². The highest BCUT2D eigenvalue weighted by Crippen LogP contribution is 2.31. The largest absolute Gasteiger partial charge is 0.370 e. The van der Waals surface area contributed by atoms with Crippen molar-refractivity contribution >= 4 is 27.6 Å². The Balaban J connectivity index is 2.41. The van der Waals surface area contributed by atoms with Crippen LogP contribution in [0.15, 0.2) is 23.1 Å². The van der Waals surface area contributed by atoms with Crippen LogP contribution in [-0.2, 0) is 14.6 Å². The molecule has 0 radical (unpaired) electrons. The minimum atomic E-state index is -3.29. The minimum absolute atomic E-state index is 0.323. The summed E-state index contributed by atoms with van der Waals surface area (Å²) in [7, 11) is -3.29. The van der Waals surface area contributed by atoms with Gasteiger partial charge in [-0.3, -0.25) is 4.79 Å². The Morgan fingerprint density at radius 2 is 1.95 bits per heavy atom. The summed E-state index contributed by atoms with van der Waals surface area (Å²) in [6.07, 6.45) is 3.91. The lowest BCUT2D eigenvalue weighted by atomic mass is 9.99. The number of anilines is 2. The highest BCUT2D eigenvalue weighted by Gasteiger charge is 2.22. The van der Waals surface area contributed by atoms with Crippen molar-refractivity contribution in [3.8, 4) is 0 Å². The molecule has 0 saturated carbocycles. The monoisotopic (exact) mass is 296 g/mol. The molecule has 110 valence electrons. The molecule has 5 nitrogen and oxygen atoms in total. The number of hydrogen-bond acceptors (Lipinski definition) is 4. The van der Waals surface area contributed by atoms with Crippen LogP contribution in [0.2, 0.25) is 0 Å². The fourth-order valence-corrected chi connectivity index (χ4v) is 3.37. The summed E-state index contributed by atoms with van der Waals surface area (Å²) in [6.45, 7) is 3.89. The Hall–Kier alpha value is -1.56. The van der Waals surface area contributed by atoms with E-state index in [-0.39, 0.29) is 0 Å². The van der Waals surface area contributed by atoms with Crippen LogP contribution in [0.4, 0.5) is 11.4 Å². The summed E-state index contributed by atoms with van der Waals surface area (Å²) >= 11 is 0. The van der Waals surface area contributed by atoms with Crippen LogP contribution >= 0.6 is 0 Å². The van der Waals surface area contributed by atoms with Crippen LogP contribution in [0.1, 0.15) is 19.8 Å². The Morgan fingerprint density at radius 1 is 1.30 bits per heavy atom. The first kappa shape index (κ1) is 14.8. The number of hydrogen-bond donors (Lipinski definition) is 1. The van der Waals surface area contributed by atoms with Crippen LogP contribution in [-0.4, -0.2) is 34.2 Å². The van der Waals surface area contributed by atoms with Gasteiger partial charge in [-0.25, -0.2) is 8.42 Å². The van der Waals surface area contributed by atoms with Crippen LogP contribution in [0.5, 0.6) is 0 Å². The molecule has 0 unspecified atom stereocenters. The van der Waals surface area contributed by atoms with E-state index in [9.17, 15) is 13.2 Å². The summed E-state index contributed by atoms with van der Waals surface area (Å²) in [5, 5.41) is 2.57. The number of sulfone groups is 1. The molecule has 0 bridgehead atoms. The van der Waals surface area contributed by atoms with Crippen molar-refractivity contribution < 1.29 is 13.2 Å². The molecule has 1 saturated heterocycles. The zero-order valence-corrected chi connectivity index (χ0v) is 12.6. The van der Waals surface area contributed by atoms with E-state index in [0.29, 0.717) is 28.6 Å².